The summed E-state index contributed by atoms with van der Waals surface area (Å²) in [7, 11) is 1.73. The molecule has 0 aromatic carbocycles. The van der Waals surface area contributed by atoms with Gasteiger partial charge in [-0.2, -0.15) is 0 Å². The van der Waals surface area contributed by atoms with E-state index < -0.39 is 5.97 Å². The number of allylic oxidation sites excluding steroid dienone is 4. The quantitative estimate of drug-likeness (QED) is 0.690. The maximum absolute atomic E-state index is 10.4. The number of thiocarbonyl (C=S) groups is 1. The molecule has 70 valence electrons. The molecule has 0 fully saturated rings. The Bertz CT molecular complexity index is 294. The summed E-state index contributed by atoms with van der Waals surface area (Å²) in [5.41, 5.74) is 0.833. The third-order valence-electron chi connectivity index (χ3n) is 1.76. The smallest absolute Gasteiger partial charge is 0.323 e. The molecule has 0 amide bonds. The van der Waals surface area contributed by atoms with Gasteiger partial charge in [-0.05, 0) is 6.08 Å². The van der Waals surface area contributed by atoms with Crippen molar-refractivity contribution in [3.05, 3.63) is 23.9 Å². The Labute approximate surface area is 82.3 Å². The number of likely N-dealkylation sites (N-methyl/N-ethyl adjacent to an activating group) is 1. The van der Waals surface area contributed by atoms with Gasteiger partial charge in [-0.1, -0.05) is 24.4 Å². The van der Waals surface area contributed by atoms with Gasteiger partial charge >= 0.3 is 5.97 Å². The molecule has 13 heavy (non-hydrogen) atoms. The molecular formula is C9H11NO2S. The third kappa shape index (κ3) is 2.66. The summed E-state index contributed by atoms with van der Waals surface area (Å²) in [6, 6.07) is 0. The van der Waals surface area contributed by atoms with Gasteiger partial charge in [0.15, 0.2) is 0 Å². The van der Waals surface area contributed by atoms with Crippen LogP contribution >= 0.6 is 12.2 Å². The average molecular weight is 197 g/mol. The van der Waals surface area contributed by atoms with Crippen molar-refractivity contribution in [2.45, 2.75) is 6.42 Å². The molecule has 0 aromatic heterocycles. The second-order valence-corrected chi connectivity index (χ2v) is 3.35. The molecule has 1 aliphatic rings. The zero-order chi connectivity index (χ0) is 9.84. The first-order chi connectivity index (χ1) is 6.11. The first kappa shape index (κ1) is 9.92. The van der Waals surface area contributed by atoms with E-state index in [9.17, 15) is 4.79 Å². The van der Waals surface area contributed by atoms with E-state index in [0.29, 0.717) is 0 Å². The van der Waals surface area contributed by atoms with E-state index in [4.69, 9.17) is 17.3 Å². The number of carboxylic acid groups (broad SMARTS) is 1. The Morgan fingerprint density at radius 1 is 1.77 bits per heavy atom. The van der Waals surface area contributed by atoms with Crippen LogP contribution in [0, 0.1) is 0 Å². The van der Waals surface area contributed by atoms with Crippen LogP contribution in [-0.2, 0) is 4.79 Å². The van der Waals surface area contributed by atoms with Crippen molar-refractivity contribution >= 4 is 23.1 Å². The standard InChI is InChI=1S/C9H11NO2S/c1-10(6-9(11)12)7-4-2-3-5-8(7)13/h2-4H,5-6H2,1H3,(H,11,12). The highest BCUT2D eigenvalue weighted by molar-refractivity contribution is 7.80. The Hall–Kier alpha value is -1.16. The van der Waals surface area contributed by atoms with E-state index >= 15 is 0 Å². The van der Waals surface area contributed by atoms with Crippen molar-refractivity contribution in [3.63, 3.8) is 0 Å². The molecule has 0 bridgehead atoms. The molecule has 1 aliphatic carbocycles. The van der Waals surface area contributed by atoms with Crippen molar-refractivity contribution in [2.75, 3.05) is 13.6 Å². The summed E-state index contributed by atoms with van der Waals surface area (Å²) >= 11 is 5.10. The maximum Gasteiger partial charge on any atom is 0.323 e. The topological polar surface area (TPSA) is 40.5 Å². The normalized spacial score (nSPS) is 15.5. The SMILES string of the molecule is CN(CC(=O)O)C1=CC=CCC1=S. The maximum atomic E-state index is 10.4. The van der Waals surface area contributed by atoms with Crippen LogP contribution in [-0.4, -0.2) is 34.4 Å². The molecule has 0 saturated heterocycles. The van der Waals surface area contributed by atoms with E-state index in [2.05, 4.69) is 0 Å². The molecule has 0 unspecified atom stereocenters. The third-order valence-corrected chi connectivity index (χ3v) is 2.14. The number of carboxylic acids is 1. The first-order valence-electron chi connectivity index (χ1n) is 3.94. The van der Waals surface area contributed by atoms with Crippen molar-refractivity contribution in [3.8, 4) is 0 Å². The average Bonchev–Trinajstić information content (AvgIpc) is 2.03. The molecule has 0 spiro atoms. The summed E-state index contributed by atoms with van der Waals surface area (Å²) in [5, 5.41) is 8.57. The van der Waals surface area contributed by atoms with Gasteiger partial charge in [-0.15, -0.1) is 0 Å². The lowest BCUT2D eigenvalue weighted by Gasteiger charge is -2.22. The highest BCUT2D eigenvalue weighted by Crippen LogP contribution is 2.12. The largest absolute Gasteiger partial charge is 0.480 e. The van der Waals surface area contributed by atoms with Crippen molar-refractivity contribution in [1.82, 2.24) is 4.90 Å². The van der Waals surface area contributed by atoms with Crippen LogP contribution < -0.4 is 0 Å². The van der Waals surface area contributed by atoms with Gasteiger partial charge in [-0.3, -0.25) is 4.79 Å². The molecule has 0 aromatic rings. The number of nitrogens with zero attached hydrogens (tertiary/aromatic N) is 1. The lowest BCUT2D eigenvalue weighted by molar-refractivity contribution is -0.137. The van der Waals surface area contributed by atoms with Gasteiger partial charge in [0.05, 0.1) is 5.70 Å². The van der Waals surface area contributed by atoms with Crippen LogP contribution in [0.3, 0.4) is 0 Å². The molecule has 0 heterocycles. The minimum Gasteiger partial charge on any atom is -0.480 e. The molecule has 4 heteroatoms. The number of carbonyl (C=O) groups is 1. The van der Waals surface area contributed by atoms with E-state index in [-0.39, 0.29) is 6.54 Å². The predicted molar refractivity (Wildman–Crippen MR) is 54.7 cm³/mol. The van der Waals surface area contributed by atoms with Gasteiger partial charge in [0.1, 0.15) is 6.54 Å². The predicted octanol–water partition coefficient (Wildman–Crippen LogP) is 1.22. The number of aliphatic carboxylic acids is 1. The Morgan fingerprint density at radius 2 is 2.46 bits per heavy atom. The van der Waals surface area contributed by atoms with Gasteiger partial charge in [-0.25, -0.2) is 0 Å². The monoisotopic (exact) mass is 197 g/mol. The van der Waals surface area contributed by atoms with E-state index in [1.54, 1.807) is 11.9 Å². The number of hydrogen-bond acceptors (Lipinski definition) is 3. The van der Waals surface area contributed by atoms with Crippen molar-refractivity contribution < 1.29 is 9.90 Å². The van der Waals surface area contributed by atoms with E-state index in [1.807, 2.05) is 18.2 Å². The molecule has 1 rings (SSSR count). The molecule has 0 atom stereocenters. The number of hydrogen-bond donors (Lipinski definition) is 1. The fraction of sp³-hybridized carbons (Fsp3) is 0.333. The second-order valence-electron chi connectivity index (χ2n) is 2.86. The Morgan fingerprint density at radius 3 is 3.00 bits per heavy atom. The van der Waals surface area contributed by atoms with Crippen LogP contribution in [0.2, 0.25) is 0 Å². The summed E-state index contributed by atoms with van der Waals surface area (Å²) in [6.07, 6.45) is 6.42. The van der Waals surface area contributed by atoms with E-state index in [1.165, 1.54) is 0 Å². The van der Waals surface area contributed by atoms with E-state index in [0.717, 1.165) is 17.0 Å². The summed E-state index contributed by atoms with van der Waals surface area (Å²) in [4.78, 5) is 12.9. The molecule has 0 saturated carbocycles. The summed E-state index contributed by atoms with van der Waals surface area (Å²) in [6.45, 7) is -0.0141. The van der Waals surface area contributed by atoms with Crippen molar-refractivity contribution in [2.24, 2.45) is 0 Å². The van der Waals surface area contributed by atoms with Crippen LogP contribution in [0.1, 0.15) is 6.42 Å². The molecule has 0 radical (unpaired) electrons. The number of rotatable bonds is 3. The summed E-state index contributed by atoms with van der Waals surface area (Å²) < 4.78 is 0. The van der Waals surface area contributed by atoms with Gasteiger partial charge in [0.25, 0.3) is 0 Å². The van der Waals surface area contributed by atoms with Gasteiger partial charge < -0.3 is 10.0 Å². The zero-order valence-electron chi connectivity index (χ0n) is 7.36. The summed E-state index contributed by atoms with van der Waals surface area (Å²) in [5.74, 6) is -0.847. The van der Waals surface area contributed by atoms with Crippen LogP contribution in [0.15, 0.2) is 23.9 Å². The first-order valence-corrected chi connectivity index (χ1v) is 4.35. The minimum absolute atomic E-state index is 0.0141. The van der Waals surface area contributed by atoms with Gasteiger partial charge in [0.2, 0.25) is 0 Å². The van der Waals surface area contributed by atoms with Crippen molar-refractivity contribution in [1.29, 1.82) is 0 Å². The van der Waals surface area contributed by atoms with Gasteiger partial charge in [0, 0.05) is 18.3 Å². The highest BCUT2D eigenvalue weighted by Gasteiger charge is 2.13. The lowest BCUT2D eigenvalue weighted by Crippen LogP contribution is -2.28. The molecule has 0 aliphatic heterocycles. The Kier molecular flexibility index (Phi) is 3.19. The zero-order valence-corrected chi connectivity index (χ0v) is 8.17. The van der Waals surface area contributed by atoms with Crippen LogP contribution in [0.25, 0.3) is 0 Å². The second kappa shape index (κ2) is 4.18. The fourth-order valence-corrected chi connectivity index (χ4v) is 1.48. The molecule has 1 N–H and O–H groups in total. The minimum atomic E-state index is -0.847. The molecule has 3 nitrogen and oxygen atoms in total. The Balaban J connectivity index is 2.69. The lowest BCUT2D eigenvalue weighted by atomic mass is 10.1. The van der Waals surface area contributed by atoms with Crippen LogP contribution in [0.4, 0.5) is 0 Å². The highest BCUT2D eigenvalue weighted by atomic mass is 32.1. The van der Waals surface area contributed by atoms with Crippen LogP contribution in [0.5, 0.6) is 0 Å². The fourth-order valence-electron chi connectivity index (χ4n) is 1.16. The molecular weight excluding hydrogens is 186 g/mol.